The molecule has 0 aromatic carbocycles. The van der Waals surface area contributed by atoms with Crippen LogP contribution in [0.4, 0.5) is 16.2 Å². The number of nitrogens with zero attached hydrogens (tertiary/aromatic N) is 3. The largest absolute Gasteiger partial charge is 0.359 e. The third-order valence-corrected chi connectivity index (χ3v) is 2.26. The summed E-state index contributed by atoms with van der Waals surface area (Å²) in [4.78, 5) is 20.4. The maximum atomic E-state index is 13.5. The number of nitrogens with one attached hydrogen (secondary N) is 2. The van der Waals surface area contributed by atoms with Gasteiger partial charge in [0.05, 0.1) is 6.20 Å². The molecule has 94 valence electrons. The molecule has 0 saturated carbocycles. The van der Waals surface area contributed by atoms with Gasteiger partial charge in [-0.1, -0.05) is 0 Å². The Kier molecular flexibility index (Phi) is 4.62. The quantitative estimate of drug-likeness (QED) is 0.772. The first kappa shape index (κ1) is 13.1. The first-order valence-electron chi connectivity index (χ1n) is 5.20. The second-order valence-electron chi connectivity index (χ2n) is 3.46. The summed E-state index contributed by atoms with van der Waals surface area (Å²) in [5.74, 6) is -0.0926. The zero-order valence-corrected chi connectivity index (χ0v) is 10.1. The van der Waals surface area contributed by atoms with Gasteiger partial charge >= 0.3 is 0 Å². The number of anilines is 2. The highest BCUT2D eigenvalue weighted by Crippen LogP contribution is 2.15. The lowest BCUT2D eigenvalue weighted by molar-refractivity contribution is -0.120. The Labute approximate surface area is 99.2 Å². The van der Waals surface area contributed by atoms with Crippen LogP contribution in [-0.4, -0.2) is 43.6 Å². The molecule has 0 aliphatic carbocycles. The normalized spacial score (nSPS) is 9.88. The molecule has 0 aliphatic rings. The van der Waals surface area contributed by atoms with Gasteiger partial charge in [-0.25, -0.2) is 9.37 Å². The zero-order chi connectivity index (χ0) is 12.8. The minimum absolute atomic E-state index is 0.0971. The molecule has 1 aromatic heterocycles. The predicted molar refractivity (Wildman–Crippen MR) is 63.5 cm³/mol. The van der Waals surface area contributed by atoms with Crippen molar-refractivity contribution in [1.82, 2.24) is 15.3 Å². The predicted octanol–water partition coefficient (Wildman–Crippen LogP) is 0.230. The number of carbonyl (C=O) groups is 1. The number of hydrogen-bond donors (Lipinski definition) is 2. The van der Waals surface area contributed by atoms with Gasteiger partial charge in [-0.2, -0.15) is 4.98 Å². The van der Waals surface area contributed by atoms with Crippen LogP contribution in [0.1, 0.15) is 6.42 Å². The Morgan fingerprint density at radius 3 is 2.82 bits per heavy atom. The standard InChI is InChI=1S/C10H16FN5O/c1-12-8(17)4-5-16(3)9-7(11)6-14-10(13-2)15-9/h6H,4-5H2,1-3H3,(H,12,17)(H,13,14,15). The molecule has 1 heterocycles. The first-order chi connectivity index (χ1) is 8.08. The lowest BCUT2D eigenvalue weighted by Gasteiger charge is -2.18. The van der Waals surface area contributed by atoms with Crippen LogP contribution in [0.15, 0.2) is 6.20 Å². The van der Waals surface area contributed by atoms with Gasteiger partial charge in [-0.15, -0.1) is 0 Å². The molecule has 6 nitrogen and oxygen atoms in total. The van der Waals surface area contributed by atoms with E-state index in [-0.39, 0.29) is 18.1 Å². The van der Waals surface area contributed by atoms with E-state index in [4.69, 9.17) is 0 Å². The van der Waals surface area contributed by atoms with Gasteiger partial charge in [0, 0.05) is 34.1 Å². The van der Waals surface area contributed by atoms with Crippen LogP contribution < -0.4 is 15.5 Å². The Morgan fingerprint density at radius 1 is 1.53 bits per heavy atom. The van der Waals surface area contributed by atoms with Crippen molar-refractivity contribution in [3.05, 3.63) is 12.0 Å². The van der Waals surface area contributed by atoms with Crippen LogP contribution in [-0.2, 0) is 4.79 Å². The molecule has 0 saturated heterocycles. The van der Waals surface area contributed by atoms with Crippen molar-refractivity contribution >= 4 is 17.7 Å². The smallest absolute Gasteiger partial charge is 0.224 e. The molecule has 0 aliphatic heterocycles. The van der Waals surface area contributed by atoms with Gasteiger partial charge in [0.1, 0.15) is 0 Å². The maximum Gasteiger partial charge on any atom is 0.224 e. The summed E-state index contributed by atoms with van der Waals surface area (Å²) < 4.78 is 13.5. The second-order valence-corrected chi connectivity index (χ2v) is 3.46. The van der Waals surface area contributed by atoms with E-state index in [1.165, 1.54) is 0 Å². The van der Waals surface area contributed by atoms with E-state index in [1.54, 1.807) is 26.0 Å². The van der Waals surface area contributed by atoms with Crippen molar-refractivity contribution in [3.8, 4) is 0 Å². The fraction of sp³-hybridized carbons (Fsp3) is 0.500. The van der Waals surface area contributed by atoms with E-state index in [2.05, 4.69) is 20.6 Å². The van der Waals surface area contributed by atoms with E-state index in [0.717, 1.165) is 6.20 Å². The Bertz CT molecular complexity index is 398. The van der Waals surface area contributed by atoms with Gasteiger partial charge in [0.2, 0.25) is 11.9 Å². The van der Waals surface area contributed by atoms with Gasteiger partial charge in [-0.3, -0.25) is 4.79 Å². The van der Waals surface area contributed by atoms with Crippen molar-refractivity contribution in [1.29, 1.82) is 0 Å². The fourth-order valence-electron chi connectivity index (χ4n) is 1.25. The number of carbonyl (C=O) groups excluding carboxylic acids is 1. The molecule has 0 unspecified atom stereocenters. The molecule has 2 N–H and O–H groups in total. The first-order valence-corrected chi connectivity index (χ1v) is 5.20. The lowest BCUT2D eigenvalue weighted by Crippen LogP contribution is -2.27. The summed E-state index contributed by atoms with van der Waals surface area (Å²) in [6.45, 7) is 0.386. The number of rotatable bonds is 5. The molecule has 1 amide bonds. The minimum atomic E-state index is -0.511. The number of halogens is 1. The van der Waals surface area contributed by atoms with Crippen LogP contribution in [0.5, 0.6) is 0 Å². The van der Waals surface area contributed by atoms with Gasteiger partial charge in [-0.05, 0) is 0 Å². The summed E-state index contributed by atoms with van der Waals surface area (Å²) in [6.07, 6.45) is 1.38. The summed E-state index contributed by atoms with van der Waals surface area (Å²) in [6, 6.07) is 0. The van der Waals surface area contributed by atoms with Crippen LogP contribution in [0.3, 0.4) is 0 Å². The molecule has 0 radical (unpaired) electrons. The summed E-state index contributed by atoms with van der Waals surface area (Å²) in [5.41, 5.74) is 0. The lowest BCUT2D eigenvalue weighted by atomic mass is 10.3. The van der Waals surface area contributed by atoms with Gasteiger partial charge in [0.15, 0.2) is 11.6 Å². The topological polar surface area (TPSA) is 70.2 Å². The van der Waals surface area contributed by atoms with Crippen LogP contribution >= 0.6 is 0 Å². The monoisotopic (exact) mass is 241 g/mol. The average molecular weight is 241 g/mol. The molecule has 0 atom stereocenters. The Hall–Kier alpha value is -1.92. The molecule has 1 aromatic rings. The zero-order valence-electron chi connectivity index (χ0n) is 10.1. The molecule has 0 spiro atoms. The second kappa shape index (κ2) is 5.97. The molecular formula is C10H16FN5O. The maximum absolute atomic E-state index is 13.5. The molecule has 0 fully saturated rings. The van der Waals surface area contributed by atoms with Crippen molar-refractivity contribution in [2.24, 2.45) is 0 Å². The molecule has 0 bridgehead atoms. The van der Waals surface area contributed by atoms with Gasteiger partial charge < -0.3 is 15.5 Å². The Morgan fingerprint density at radius 2 is 2.24 bits per heavy atom. The van der Waals surface area contributed by atoms with E-state index in [1.807, 2.05) is 0 Å². The highest BCUT2D eigenvalue weighted by molar-refractivity contribution is 5.76. The summed E-state index contributed by atoms with van der Waals surface area (Å²) in [7, 11) is 4.89. The average Bonchev–Trinajstić information content (AvgIpc) is 2.36. The van der Waals surface area contributed by atoms with E-state index >= 15 is 0 Å². The van der Waals surface area contributed by atoms with Crippen LogP contribution in [0, 0.1) is 5.82 Å². The molecule has 17 heavy (non-hydrogen) atoms. The van der Waals surface area contributed by atoms with Gasteiger partial charge in [0.25, 0.3) is 0 Å². The molecule has 7 heteroatoms. The Balaban J connectivity index is 2.73. The van der Waals surface area contributed by atoms with E-state index < -0.39 is 5.82 Å². The van der Waals surface area contributed by atoms with Crippen molar-refractivity contribution in [2.75, 3.05) is 37.9 Å². The fourth-order valence-corrected chi connectivity index (χ4v) is 1.25. The molecular weight excluding hydrogens is 225 g/mol. The summed E-state index contributed by atoms with van der Waals surface area (Å²) in [5, 5.41) is 5.24. The van der Waals surface area contributed by atoms with Crippen LogP contribution in [0.2, 0.25) is 0 Å². The van der Waals surface area contributed by atoms with Crippen molar-refractivity contribution < 1.29 is 9.18 Å². The van der Waals surface area contributed by atoms with E-state index in [9.17, 15) is 9.18 Å². The SMILES string of the molecule is CNC(=O)CCN(C)c1nc(NC)ncc1F. The van der Waals surface area contributed by atoms with Crippen molar-refractivity contribution in [3.63, 3.8) is 0 Å². The van der Waals surface area contributed by atoms with Crippen molar-refractivity contribution in [2.45, 2.75) is 6.42 Å². The number of hydrogen-bond acceptors (Lipinski definition) is 5. The third-order valence-electron chi connectivity index (χ3n) is 2.26. The summed E-state index contributed by atoms with van der Waals surface area (Å²) >= 11 is 0. The number of aromatic nitrogens is 2. The number of amides is 1. The third kappa shape index (κ3) is 3.54. The highest BCUT2D eigenvalue weighted by Gasteiger charge is 2.12. The highest BCUT2D eigenvalue weighted by atomic mass is 19.1. The molecule has 1 rings (SSSR count). The van der Waals surface area contributed by atoms with Crippen LogP contribution in [0.25, 0.3) is 0 Å². The minimum Gasteiger partial charge on any atom is -0.359 e. The van der Waals surface area contributed by atoms with E-state index in [0.29, 0.717) is 12.5 Å².